The van der Waals surface area contributed by atoms with Crippen LogP contribution in [0.5, 0.6) is 5.75 Å². The third-order valence-electron chi connectivity index (χ3n) is 4.69. The summed E-state index contributed by atoms with van der Waals surface area (Å²) in [4.78, 5) is 24.2. The molecule has 0 spiro atoms. The predicted molar refractivity (Wildman–Crippen MR) is 122 cm³/mol. The van der Waals surface area contributed by atoms with Crippen molar-refractivity contribution in [2.45, 2.75) is 27.4 Å². The smallest absolute Gasteiger partial charge is 0.329 e. The highest BCUT2D eigenvalue weighted by atomic mass is 16.5. The number of aryl methyl sites for hydroxylation is 3. The second-order valence-electron chi connectivity index (χ2n) is 7.27. The zero-order valence-corrected chi connectivity index (χ0v) is 17.8. The molecule has 0 radical (unpaired) electrons. The number of ether oxygens (including phenoxy) is 1. The van der Waals surface area contributed by atoms with Crippen molar-refractivity contribution < 1.29 is 14.3 Å². The van der Waals surface area contributed by atoms with Gasteiger partial charge in [-0.15, -0.1) is 0 Å². The van der Waals surface area contributed by atoms with E-state index in [1.807, 2.05) is 81.4 Å². The van der Waals surface area contributed by atoms with E-state index < -0.39 is 11.8 Å². The van der Waals surface area contributed by atoms with Gasteiger partial charge in [-0.1, -0.05) is 60.2 Å². The molecule has 0 aliphatic carbocycles. The van der Waals surface area contributed by atoms with E-state index in [9.17, 15) is 9.59 Å². The third kappa shape index (κ3) is 6.27. The van der Waals surface area contributed by atoms with Crippen molar-refractivity contribution in [3.8, 4) is 5.75 Å². The molecule has 0 aliphatic heterocycles. The summed E-state index contributed by atoms with van der Waals surface area (Å²) in [6.45, 7) is 6.23. The molecule has 158 valence electrons. The summed E-state index contributed by atoms with van der Waals surface area (Å²) in [6, 6.07) is 21.1. The van der Waals surface area contributed by atoms with Crippen molar-refractivity contribution >= 4 is 23.7 Å². The topological polar surface area (TPSA) is 79.8 Å². The van der Waals surface area contributed by atoms with Crippen LogP contribution in [0, 0.1) is 20.8 Å². The Hall–Kier alpha value is -3.93. The van der Waals surface area contributed by atoms with Gasteiger partial charge in [0.25, 0.3) is 0 Å². The zero-order valence-electron chi connectivity index (χ0n) is 17.8. The summed E-state index contributed by atoms with van der Waals surface area (Å²) in [6.07, 6.45) is 1.46. The average Bonchev–Trinajstić information content (AvgIpc) is 2.76. The molecule has 0 saturated carbocycles. The maximum atomic E-state index is 12.1. The number of hydrogen-bond donors (Lipinski definition) is 2. The van der Waals surface area contributed by atoms with Crippen LogP contribution >= 0.6 is 0 Å². The first-order valence-electron chi connectivity index (χ1n) is 9.91. The van der Waals surface area contributed by atoms with E-state index >= 15 is 0 Å². The SMILES string of the molecule is Cc1ccc(COc2cccc(C=NNC(=O)C(=O)Nc3c(C)cccc3C)c2)cc1. The van der Waals surface area contributed by atoms with E-state index in [4.69, 9.17) is 4.74 Å². The van der Waals surface area contributed by atoms with Crippen LogP contribution in [-0.4, -0.2) is 18.0 Å². The molecule has 6 nitrogen and oxygen atoms in total. The Kier molecular flexibility index (Phi) is 7.17. The molecule has 3 rings (SSSR count). The Morgan fingerprint density at radius 1 is 0.903 bits per heavy atom. The minimum Gasteiger partial charge on any atom is -0.489 e. The second-order valence-corrected chi connectivity index (χ2v) is 7.27. The fraction of sp³-hybridized carbons (Fsp3) is 0.160. The van der Waals surface area contributed by atoms with E-state index in [1.165, 1.54) is 11.8 Å². The van der Waals surface area contributed by atoms with Crippen LogP contribution in [0.2, 0.25) is 0 Å². The van der Waals surface area contributed by atoms with Crippen LogP contribution in [0.3, 0.4) is 0 Å². The number of anilines is 1. The van der Waals surface area contributed by atoms with E-state index in [2.05, 4.69) is 15.8 Å². The lowest BCUT2D eigenvalue weighted by Gasteiger charge is -2.10. The molecule has 31 heavy (non-hydrogen) atoms. The predicted octanol–water partition coefficient (Wildman–Crippen LogP) is 4.28. The Morgan fingerprint density at radius 3 is 2.29 bits per heavy atom. The van der Waals surface area contributed by atoms with Gasteiger partial charge in [-0.3, -0.25) is 9.59 Å². The van der Waals surface area contributed by atoms with Gasteiger partial charge in [0.2, 0.25) is 0 Å². The number of benzene rings is 3. The van der Waals surface area contributed by atoms with Crippen LogP contribution in [0.15, 0.2) is 71.8 Å². The fourth-order valence-electron chi connectivity index (χ4n) is 2.93. The molecule has 0 saturated heterocycles. The van der Waals surface area contributed by atoms with Gasteiger partial charge in [-0.2, -0.15) is 5.10 Å². The quantitative estimate of drug-likeness (QED) is 0.358. The summed E-state index contributed by atoms with van der Waals surface area (Å²) < 4.78 is 5.81. The maximum absolute atomic E-state index is 12.1. The Morgan fingerprint density at radius 2 is 1.58 bits per heavy atom. The van der Waals surface area contributed by atoms with E-state index in [0.29, 0.717) is 18.0 Å². The molecular formula is C25H25N3O3. The van der Waals surface area contributed by atoms with Gasteiger partial charge >= 0.3 is 11.8 Å². The van der Waals surface area contributed by atoms with Gasteiger partial charge in [-0.25, -0.2) is 5.43 Å². The Labute approximate surface area is 182 Å². The number of nitrogens with zero attached hydrogens (tertiary/aromatic N) is 1. The van der Waals surface area contributed by atoms with E-state index in [0.717, 1.165) is 22.3 Å². The van der Waals surface area contributed by atoms with Crippen molar-refractivity contribution in [2.24, 2.45) is 5.10 Å². The molecule has 0 bridgehead atoms. The number of hydrazone groups is 1. The normalized spacial score (nSPS) is 10.7. The number of carbonyl (C=O) groups is 2. The number of carbonyl (C=O) groups excluding carboxylic acids is 2. The van der Waals surface area contributed by atoms with Crippen molar-refractivity contribution in [1.29, 1.82) is 0 Å². The summed E-state index contributed by atoms with van der Waals surface area (Å²) >= 11 is 0. The number of para-hydroxylation sites is 1. The molecule has 2 N–H and O–H groups in total. The summed E-state index contributed by atoms with van der Waals surface area (Å²) in [5, 5.41) is 6.50. The standard InChI is InChI=1S/C25H25N3O3/c1-17-10-12-20(13-11-17)16-31-22-9-5-8-21(14-22)15-26-28-25(30)24(29)27-23-18(2)6-4-7-19(23)3/h4-15H,16H2,1-3H3,(H,27,29)(H,28,30). The molecule has 3 aromatic rings. The molecule has 0 atom stereocenters. The minimum atomic E-state index is -0.842. The number of rotatable bonds is 6. The lowest BCUT2D eigenvalue weighted by Crippen LogP contribution is -2.32. The molecule has 0 aliphatic rings. The third-order valence-corrected chi connectivity index (χ3v) is 4.69. The van der Waals surface area contributed by atoms with Crippen LogP contribution in [-0.2, 0) is 16.2 Å². The van der Waals surface area contributed by atoms with Gasteiger partial charge in [0.15, 0.2) is 0 Å². The van der Waals surface area contributed by atoms with Gasteiger partial charge < -0.3 is 10.1 Å². The average molecular weight is 415 g/mol. The molecular weight excluding hydrogens is 390 g/mol. The van der Waals surface area contributed by atoms with Gasteiger partial charge in [0.05, 0.1) is 6.21 Å². The highest BCUT2D eigenvalue weighted by Crippen LogP contribution is 2.19. The van der Waals surface area contributed by atoms with Crippen molar-refractivity contribution in [2.75, 3.05) is 5.32 Å². The lowest BCUT2D eigenvalue weighted by molar-refractivity contribution is -0.136. The first-order chi connectivity index (χ1) is 14.9. The van der Waals surface area contributed by atoms with Gasteiger partial charge in [0.1, 0.15) is 12.4 Å². The number of hydrogen-bond acceptors (Lipinski definition) is 4. The van der Waals surface area contributed by atoms with Gasteiger partial charge in [-0.05, 0) is 55.2 Å². The number of amides is 2. The highest BCUT2D eigenvalue weighted by Gasteiger charge is 2.15. The molecule has 2 amide bonds. The van der Waals surface area contributed by atoms with Crippen LogP contribution < -0.4 is 15.5 Å². The molecule has 0 fully saturated rings. The molecule has 0 heterocycles. The van der Waals surface area contributed by atoms with Crippen LogP contribution in [0.4, 0.5) is 5.69 Å². The Bertz CT molecular complexity index is 1090. The summed E-state index contributed by atoms with van der Waals surface area (Å²) in [7, 11) is 0. The van der Waals surface area contributed by atoms with Crippen LogP contribution in [0.1, 0.15) is 27.8 Å². The zero-order chi connectivity index (χ0) is 22.2. The molecule has 0 aromatic heterocycles. The van der Waals surface area contributed by atoms with Crippen molar-refractivity contribution in [1.82, 2.24) is 5.43 Å². The second kappa shape index (κ2) is 10.2. The minimum absolute atomic E-state index is 0.454. The molecule has 3 aromatic carbocycles. The first kappa shape index (κ1) is 21.8. The molecule has 6 heteroatoms. The molecule has 0 unspecified atom stereocenters. The van der Waals surface area contributed by atoms with Crippen molar-refractivity contribution in [3.05, 3.63) is 94.5 Å². The number of nitrogens with one attached hydrogen (secondary N) is 2. The van der Waals surface area contributed by atoms with Gasteiger partial charge in [0, 0.05) is 5.69 Å². The monoisotopic (exact) mass is 415 g/mol. The lowest BCUT2D eigenvalue weighted by atomic mass is 10.1. The fourth-order valence-corrected chi connectivity index (χ4v) is 2.93. The van der Waals surface area contributed by atoms with Crippen molar-refractivity contribution in [3.63, 3.8) is 0 Å². The summed E-state index contributed by atoms with van der Waals surface area (Å²) in [5.41, 5.74) is 7.65. The first-order valence-corrected chi connectivity index (χ1v) is 9.91. The van der Waals surface area contributed by atoms with Crippen LogP contribution in [0.25, 0.3) is 0 Å². The summed E-state index contributed by atoms with van der Waals surface area (Å²) in [5.74, 6) is -0.931. The maximum Gasteiger partial charge on any atom is 0.329 e. The van der Waals surface area contributed by atoms with E-state index in [1.54, 1.807) is 6.07 Å². The van der Waals surface area contributed by atoms with E-state index in [-0.39, 0.29) is 0 Å². The highest BCUT2D eigenvalue weighted by molar-refractivity contribution is 6.39. The Balaban J connectivity index is 1.54. The largest absolute Gasteiger partial charge is 0.489 e.